The van der Waals surface area contributed by atoms with Crippen molar-refractivity contribution in [2.24, 2.45) is 0 Å². The number of aromatic nitrogens is 1. The summed E-state index contributed by atoms with van der Waals surface area (Å²) < 4.78 is 5.07. The van der Waals surface area contributed by atoms with E-state index in [1.807, 2.05) is 18.2 Å². The quantitative estimate of drug-likeness (QED) is 0.630. The topological polar surface area (TPSA) is 108 Å². The van der Waals surface area contributed by atoms with Gasteiger partial charge in [-0.2, -0.15) is 0 Å². The van der Waals surface area contributed by atoms with E-state index in [1.54, 1.807) is 30.3 Å². The largest absolute Gasteiger partial charge is 0.482 e. The summed E-state index contributed by atoms with van der Waals surface area (Å²) in [6.07, 6.45) is -0.0830. The number of carboxylic acid groups (broad SMARTS) is 1. The molecule has 0 atom stereocenters. The lowest BCUT2D eigenvalue weighted by Gasteiger charge is -2.08. The van der Waals surface area contributed by atoms with Crippen LogP contribution in [0.5, 0.6) is 5.75 Å². The standard InChI is InChI=1S/C19H16N2O5/c22-17(20-14-5-3-6-15(10-14)26-11-18(23)24)9-13-8-12-4-1-2-7-16(12)21-19(13)25/h1-8,10H,9,11H2,(H,20,22)(H,21,25)(H,23,24). The third kappa shape index (κ3) is 4.27. The average Bonchev–Trinajstić information content (AvgIpc) is 2.61. The predicted molar refractivity (Wildman–Crippen MR) is 96.5 cm³/mol. The predicted octanol–water partition coefficient (Wildman–Crippen LogP) is 2.17. The van der Waals surface area contributed by atoms with E-state index in [4.69, 9.17) is 9.84 Å². The van der Waals surface area contributed by atoms with Gasteiger partial charge in [-0.15, -0.1) is 0 Å². The minimum absolute atomic E-state index is 0.0830. The Morgan fingerprint density at radius 2 is 1.88 bits per heavy atom. The molecular formula is C19H16N2O5. The molecule has 132 valence electrons. The molecule has 3 N–H and O–H groups in total. The second-order valence-corrected chi connectivity index (χ2v) is 5.65. The molecule has 0 aliphatic carbocycles. The molecule has 0 aliphatic heterocycles. The number of anilines is 1. The Kier molecular flexibility index (Phi) is 4.98. The van der Waals surface area contributed by atoms with Crippen molar-refractivity contribution in [3.63, 3.8) is 0 Å². The third-order valence-corrected chi connectivity index (χ3v) is 3.66. The number of carbonyl (C=O) groups is 2. The highest BCUT2D eigenvalue weighted by atomic mass is 16.5. The fourth-order valence-electron chi connectivity index (χ4n) is 2.51. The van der Waals surface area contributed by atoms with Gasteiger partial charge in [-0.05, 0) is 29.7 Å². The summed E-state index contributed by atoms with van der Waals surface area (Å²) in [7, 11) is 0. The Bertz CT molecular complexity index is 1030. The Hall–Kier alpha value is -3.61. The molecule has 1 heterocycles. The van der Waals surface area contributed by atoms with E-state index < -0.39 is 12.6 Å². The van der Waals surface area contributed by atoms with Crippen LogP contribution in [0.4, 0.5) is 5.69 Å². The van der Waals surface area contributed by atoms with E-state index in [9.17, 15) is 14.4 Å². The number of ether oxygens (including phenoxy) is 1. The number of hydrogen-bond acceptors (Lipinski definition) is 4. The van der Waals surface area contributed by atoms with Crippen LogP contribution in [0.1, 0.15) is 5.56 Å². The number of pyridine rings is 1. The van der Waals surface area contributed by atoms with Gasteiger partial charge >= 0.3 is 5.97 Å². The van der Waals surface area contributed by atoms with Crippen molar-refractivity contribution < 1.29 is 19.4 Å². The van der Waals surface area contributed by atoms with Crippen LogP contribution in [0.25, 0.3) is 10.9 Å². The van der Waals surface area contributed by atoms with Crippen LogP contribution in [-0.4, -0.2) is 28.6 Å². The van der Waals surface area contributed by atoms with Crippen LogP contribution in [0.3, 0.4) is 0 Å². The van der Waals surface area contributed by atoms with Crippen LogP contribution < -0.4 is 15.6 Å². The number of carboxylic acids is 1. The van der Waals surface area contributed by atoms with Crippen molar-refractivity contribution >= 4 is 28.5 Å². The molecule has 0 bridgehead atoms. The van der Waals surface area contributed by atoms with Gasteiger partial charge < -0.3 is 20.1 Å². The number of nitrogens with one attached hydrogen (secondary N) is 2. The smallest absolute Gasteiger partial charge is 0.341 e. The molecule has 1 aromatic heterocycles. The van der Waals surface area contributed by atoms with Crippen LogP contribution >= 0.6 is 0 Å². The van der Waals surface area contributed by atoms with E-state index >= 15 is 0 Å². The first-order valence-electron chi connectivity index (χ1n) is 7.87. The van der Waals surface area contributed by atoms with Gasteiger partial charge in [-0.25, -0.2) is 4.79 Å². The molecule has 0 fully saturated rings. The first-order valence-corrected chi connectivity index (χ1v) is 7.87. The second-order valence-electron chi connectivity index (χ2n) is 5.65. The Labute approximate surface area is 148 Å². The summed E-state index contributed by atoms with van der Waals surface area (Å²) in [5.41, 5.74) is 1.22. The molecule has 7 nitrogen and oxygen atoms in total. The van der Waals surface area contributed by atoms with Gasteiger partial charge in [0, 0.05) is 22.8 Å². The number of H-pyrrole nitrogens is 1. The van der Waals surface area contributed by atoms with Gasteiger partial charge in [0.1, 0.15) is 5.75 Å². The molecule has 3 aromatic rings. The van der Waals surface area contributed by atoms with Crippen molar-refractivity contribution in [2.45, 2.75) is 6.42 Å². The number of benzene rings is 2. The zero-order valence-corrected chi connectivity index (χ0v) is 13.7. The van der Waals surface area contributed by atoms with Crippen molar-refractivity contribution in [2.75, 3.05) is 11.9 Å². The molecule has 3 rings (SSSR count). The zero-order valence-electron chi connectivity index (χ0n) is 13.7. The van der Waals surface area contributed by atoms with Gasteiger partial charge in [-0.1, -0.05) is 24.3 Å². The molecule has 0 spiro atoms. The molecule has 2 aromatic carbocycles. The van der Waals surface area contributed by atoms with E-state index in [0.717, 1.165) is 5.39 Å². The minimum atomic E-state index is -1.09. The normalized spacial score (nSPS) is 10.5. The lowest BCUT2D eigenvalue weighted by molar-refractivity contribution is -0.139. The average molecular weight is 352 g/mol. The van der Waals surface area contributed by atoms with Crippen LogP contribution in [-0.2, 0) is 16.0 Å². The van der Waals surface area contributed by atoms with Crippen molar-refractivity contribution in [3.05, 3.63) is 70.5 Å². The number of carbonyl (C=O) groups excluding carboxylic acids is 1. The lowest BCUT2D eigenvalue weighted by Crippen LogP contribution is -2.21. The maximum absolute atomic E-state index is 12.2. The van der Waals surface area contributed by atoms with E-state index in [1.165, 1.54) is 6.07 Å². The van der Waals surface area contributed by atoms with E-state index in [0.29, 0.717) is 22.5 Å². The van der Waals surface area contributed by atoms with E-state index in [-0.39, 0.29) is 17.9 Å². The molecular weight excluding hydrogens is 336 g/mol. The van der Waals surface area contributed by atoms with Gasteiger partial charge in [0.05, 0.1) is 6.42 Å². The summed E-state index contributed by atoms with van der Waals surface area (Å²) in [6, 6.07) is 15.4. The highest BCUT2D eigenvalue weighted by molar-refractivity contribution is 5.93. The Morgan fingerprint density at radius 1 is 1.08 bits per heavy atom. The lowest BCUT2D eigenvalue weighted by atomic mass is 10.1. The van der Waals surface area contributed by atoms with Crippen LogP contribution in [0.15, 0.2) is 59.4 Å². The number of aromatic amines is 1. The van der Waals surface area contributed by atoms with E-state index in [2.05, 4.69) is 10.3 Å². The highest BCUT2D eigenvalue weighted by Crippen LogP contribution is 2.18. The minimum Gasteiger partial charge on any atom is -0.482 e. The van der Waals surface area contributed by atoms with Crippen LogP contribution in [0, 0.1) is 0 Å². The summed E-state index contributed by atoms with van der Waals surface area (Å²) in [5.74, 6) is -1.12. The molecule has 0 saturated heterocycles. The third-order valence-electron chi connectivity index (χ3n) is 3.66. The molecule has 0 radical (unpaired) electrons. The number of aliphatic carboxylic acids is 1. The molecule has 0 unspecified atom stereocenters. The maximum Gasteiger partial charge on any atom is 0.341 e. The number of rotatable bonds is 6. The van der Waals surface area contributed by atoms with Crippen LogP contribution in [0.2, 0.25) is 0 Å². The number of amides is 1. The highest BCUT2D eigenvalue weighted by Gasteiger charge is 2.10. The summed E-state index contributed by atoms with van der Waals surface area (Å²) in [4.78, 5) is 37.7. The Morgan fingerprint density at radius 3 is 2.69 bits per heavy atom. The molecule has 1 amide bonds. The fourth-order valence-corrected chi connectivity index (χ4v) is 2.51. The van der Waals surface area contributed by atoms with Gasteiger partial charge in [-0.3, -0.25) is 9.59 Å². The SMILES string of the molecule is O=C(O)COc1cccc(NC(=O)Cc2cc3ccccc3[nH]c2=O)c1. The molecule has 26 heavy (non-hydrogen) atoms. The van der Waals surface area contributed by atoms with Crippen molar-refractivity contribution in [1.29, 1.82) is 0 Å². The molecule has 0 saturated carbocycles. The number of fused-ring (bicyclic) bond motifs is 1. The van der Waals surface area contributed by atoms with Gasteiger partial charge in [0.25, 0.3) is 5.56 Å². The molecule has 0 aliphatic rings. The van der Waals surface area contributed by atoms with Crippen molar-refractivity contribution in [1.82, 2.24) is 4.98 Å². The Balaban J connectivity index is 1.71. The zero-order chi connectivity index (χ0) is 18.5. The monoisotopic (exact) mass is 352 g/mol. The number of hydrogen-bond donors (Lipinski definition) is 3. The number of para-hydroxylation sites is 1. The van der Waals surface area contributed by atoms with Crippen molar-refractivity contribution in [3.8, 4) is 5.75 Å². The van der Waals surface area contributed by atoms with Gasteiger partial charge in [0.15, 0.2) is 6.61 Å². The first-order chi connectivity index (χ1) is 12.5. The summed E-state index contributed by atoms with van der Waals surface area (Å²) in [5, 5.41) is 12.1. The summed E-state index contributed by atoms with van der Waals surface area (Å²) >= 11 is 0. The molecule has 7 heteroatoms. The fraction of sp³-hybridized carbons (Fsp3) is 0.105. The van der Waals surface area contributed by atoms with Gasteiger partial charge in [0.2, 0.25) is 5.91 Å². The second kappa shape index (κ2) is 7.52. The maximum atomic E-state index is 12.2. The first kappa shape index (κ1) is 17.2. The summed E-state index contributed by atoms with van der Waals surface area (Å²) in [6.45, 7) is -0.468.